The molecule has 0 radical (unpaired) electrons. The van der Waals surface area contributed by atoms with Gasteiger partial charge in [0.15, 0.2) is 0 Å². The second-order valence-electron chi connectivity index (χ2n) is 6.40. The molecule has 0 unspecified atom stereocenters. The van der Waals surface area contributed by atoms with Crippen molar-refractivity contribution in [1.29, 1.82) is 0 Å². The van der Waals surface area contributed by atoms with Crippen LogP contribution in [0.25, 0.3) is 21.5 Å². The molecule has 0 amide bonds. The summed E-state index contributed by atoms with van der Waals surface area (Å²) in [5, 5.41) is 11.0. The lowest BCUT2D eigenvalue weighted by Gasteiger charge is -2.06. The van der Waals surface area contributed by atoms with Crippen LogP contribution < -0.4 is 0 Å². The van der Waals surface area contributed by atoms with Gasteiger partial charge in [-0.15, -0.1) is 21.5 Å². The van der Waals surface area contributed by atoms with Crippen LogP contribution in [0.15, 0.2) is 53.6 Å². The minimum absolute atomic E-state index is 0.866. The van der Waals surface area contributed by atoms with Crippen LogP contribution in [0.2, 0.25) is 0 Å². The van der Waals surface area contributed by atoms with Gasteiger partial charge in [-0.2, -0.15) is 0 Å². The van der Waals surface area contributed by atoms with E-state index in [0.29, 0.717) is 0 Å². The van der Waals surface area contributed by atoms with Crippen molar-refractivity contribution < 1.29 is 0 Å². The van der Waals surface area contributed by atoms with Gasteiger partial charge in [-0.3, -0.25) is 0 Å². The summed E-state index contributed by atoms with van der Waals surface area (Å²) in [6.07, 6.45) is 0. The number of nitrogens with zero attached hydrogens (tertiary/aromatic N) is 3. The summed E-state index contributed by atoms with van der Waals surface area (Å²) >= 11 is 3.39. The molecule has 0 spiro atoms. The molecular weight excluding hydrogens is 358 g/mol. The summed E-state index contributed by atoms with van der Waals surface area (Å²) in [6, 6.07) is 17.0. The molecule has 0 aliphatic rings. The monoisotopic (exact) mass is 377 g/mol. The molecule has 0 aliphatic heterocycles. The number of rotatable bonds is 4. The maximum Gasteiger partial charge on any atom is 0.146 e. The second-order valence-corrected chi connectivity index (χ2v) is 8.57. The van der Waals surface area contributed by atoms with E-state index in [1.807, 2.05) is 6.92 Å². The van der Waals surface area contributed by atoms with E-state index in [4.69, 9.17) is 4.98 Å². The first-order valence-corrected chi connectivity index (χ1v) is 10.3. The molecule has 0 saturated heterocycles. The minimum Gasteiger partial charge on any atom is -0.238 e. The number of aromatic nitrogens is 3. The summed E-state index contributed by atoms with van der Waals surface area (Å²) < 4.78 is 1.12. The van der Waals surface area contributed by atoms with Crippen molar-refractivity contribution in [1.82, 2.24) is 15.2 Å². The third kappa shape index (κ3) is 3.50. The highest BCUT2D eigenvalue weighted by molar-refractivity contribution is 7.98. The van der Waals surface area contributed by atoms with Gasteiger partial charge >= 0.3 is 0 Å². The van der Waals surface area contributed by atoms with Crippen molar-refractivity contribution in [2.45, 2.75) is 31.6 Å². The molecule has 0 atom stereocenters. The average Bonchev–Trinajstić information content (AvgIpc) is 3.03. The lowest BCUT2D eigenvalue weighted by atomic mass is 10.1. The Balaban J connectivity index is 1.69. The Kier molecular flexibility index (Phi) is 4.74. The number of thioether (sulfide) groups is 1. The van der Waals surface area contributed by atoms with Crippen LogP contribution in [-0.4, -0.2) is 15.2 Å². The molecule has 130 valence electrons. The largest absolute Gasteiger partial charge is 0.238 e. The predicted octanol–water partition coefficient (Wildman–Crippen LogP) is 5.97. The van der Waals surface area contributed by atoms with Crippen LogP contribution in [0.5, 0.6) is 0 Å². The van der Waals surface area contributed by atoms with Gasteiger partial charge in [0.1, 0.15) is 16.2 Å². The normalized spacial score (nSPS) is 11.2. The third-order valence-electron chi connectivity index (χ3n) is 4.21. The molecule has 3 nitrogen and oxygen atoms in total. The van der Waals surface area contributed by atoms with Crippen molar-refractivity contribution >= 4 is 33.3 Å². The first-order chi connectivity index (χ1) is 12.6. The molecular formula is C21H19N3S2. The van der Waals surface area contributed by atoms with Crippen LogP contribution in [0.1, 0.15) is 21.7 Å². The number of benzene rings is 2. The van der Waals surface area contributed by atoms with Crippen molar-refractivity contribution in [2.75, 3.05) is 0 Å². The zero-order valence-corrected chi connectivity index (χ0v) is 16.6. The summed E-state index contributed by atoms with van der Waals surface area (Å²) in [5.41, 5.74) is 6.78. The molecule has 0 aliphatic carbocycles. The smallest absolute Gasteiger partial charge is 0.146 e. The summed E-state index contributed by atoms with van der Waals surface area (Å²) in [5.74, 6) is 0.866. The molecule has 2 heterocycles. The SMILES string of the molecule is Cc1ccc(CSc2nnc(-c3ccc(C)cc3)c3sc(C)nc23)cc1. The van der Waals surface area contributed by atoms with E-state index in [2.05, 4.69) is 72.6 Å². The van der Waals surface area contributed by atoms with Gasteiger partial charge in [0.2, 0.25) is 0 Å². The highest BCUT2D eigenvalue weighted by atomic mass is 32.2. The van der Waals surface area contributed by atoms with Gasteiger partial charge in [-0.05, 0) is 26.3 Å². The molecule has 4 aromatic rings. The van der Waals surface area contributed by atoms with E-state index >= 15 is 0 Å². The van der Waals surface area contributed by atoms with Gasteiger partial charge in [-0.1, -0.05) is 71.4 Å². The van der Waals surface area contributed by atoms with E-state index < -0.39 is 0 Å². The van der Waals surface area contributed by atoms with Crippen LogP contribution in [0.4, 0.5) is 0 Å². The first kappa shape index (κ1) is 17.2. The number of hydrogen-bond acceptors (Lipinski definition) is 5. The fraction of sp³-hybridized carbons (Fsp3) is 0.190. The number of thiazole rings is 1. The number of hydrogen-bond donors (Lipinski definition) is 0. The second kappa shape index (κ2) is 7.17. The van der Waals surface area contributed by atoms with E-state index in [0.717, 1.165) is 37.3 Å². The van der Waals surface area contributed by atoms with Crippen molar-refractivity contribution in [2.24, 2.45) is 0 Å². The fourth-order valence-corrected chi connectivity index (χ4v) is 4.62. The van der Waals surface area contributed by atoms with Gasteiger partial charge < -0.3 is 0 Å². The Morgan fingerprint density at radius 1 is 0.846 bits per heavy atom. The molecule has 0 fully saturated rings. The Hall–Kier alpha value is -2.24. The summed E-state index contributed by atoms with van der Waals surface area (Å²) in [6.45, 7) is 6.23. The van der Waals surface area contributed by atoms with E-state index in [1.165, 1.54) is 16.7 Å². The lowest BCUT2D eigenvalue weighted by molar-refractivity contribution is 0.955. The lowest BCUT2D eigenvalue weighted by Crippen LogP contribution is -1.93. The van der Waals surface area contributed by atoms with E-state index in [-0.39, 0.29) is 0 Å². The van der Waals surface area contributed by atoms with Crippen molar-refractivity contribution in [3.63, 3.8) is 0 Å². The highest BCUT2D eigenvalue weighted by Crippen LogP contribution is 2.36. The Labute approximate surface area is 161 Å². The van der Waals surface area contributed by atoms with E-state index in [9.17, 15) is 0 Å². The van der Waals surface area contributed by atoms with Crippen LogP contribution >= 0.6 is 23.1 Å². The Morgan fingerprint density at radius 3 is 2.19 bits per heavy atom. The van der Waals surface area contributed by atoms with Crippen molar-refractivity contribution in [3.05, 3.63) is 70.2 Å². The maximum atomic E-state index is 4.74. The van der Waals surface area contributed by atoms with Crippen LogP contribution in [0, 0.1) is 20.8 Å². The van der Waals surface area contributed by atoms with Gasteiger partial charge in [0, 0.05) is 11.3 Å². The summed E-state index contributed by atoms with van der Waals surface area (Å²) in [4.78, 5) is 4.74. The van der Waals surface area contributed by atoms with Gasteiger partial charge in [0.05, 0.1) is 9.71 Å². The minimum atomic E-state index is 0.866. The number of aryl methyl sites for hydroxylation is 3. The zero-order valence-electron chi connectivity index (χ0n) is 15.0. The number of fused-ring (bicyclic) bond motifs is 1. The van der Waals surface area contributed by atoms with Gasteiger partial charge in [-0.25, -0.2) is 4.98 Å². The predicted molar refractivity (Wildman–Crippen MR) is 111 cm³/mol. The maximum absolute atomic E-state index is 4.74. The summed E-state index contributed by atoms with van der Waals surface area (Å²) in [7, 11) is 0. The average molecular weight is 378 g/mol. The molecule has 0 saturated carbocycles. The Bertz CT molecular complexity index is 1050. The quantitative estimate of drug-likeness (QED) is 0.411. The topological polar surface area (TPSA) is 38.7 Å². The highest BCUT2D eigenvalue weighted by Gasteiger charge is 2.16. The van der Waals surface area contributed by atoms with Crippen LogP contribution in [-0.2, 0) is 5.75 Å². The van der Waals surface area contributed by atoms with Gasteiger partial charge in [0.25, 0.3) is 0 Å². The molecule has 0 N–H and O–H groups in total. The molecule has 4 rings (SSSR count). The molecule has 2 aromatic carbocycles. The van der Waals surface area contributed by atoms with Crippen molar-refractivity contribution in [3.8, 4) is 11.3 Å². The standard InChI is InChI=1S/C21H19N3S2/c1-13-4-8-16(9-5-13)12-25-21-19-20(26-15(3)22-19)18(23-24-21)17-10-6-14(2)7-11-17/h4-11H,12H2,1-3H3. The molecule has 2 aromatic heterocycles. The fourth-order valence-electron chi connectivity index (χ4n) is 2.75. The Morgan fingerprint density at radius 2 is 1.50 bits per heavy atom. The molecule has 5 heteroatoms. The molecule has 0 bridgehead atoms. The first-order valence-electron chi connectivity index (χ1n) is 8.49. The third-order valence-corrected chi connectivity index (χ3v) is 6.22. The molecule has 26 heavy (non-hydrogen) atoms. The van der Waals surface area contributed by atoms with Crippen LogP contribution in [0.3, 0.4) is 0 Å². The van der Waals surface area contributed by atoms with E-state index in [1.54, 1.807) is 23.1 Å². The zero-order chi connectivity index (χ0) is 18.1.